The lowest BCUT2D eigenvalue weighted by Gasteiger charge is -2.02. The van der Waals surface area contributed by atoms with Crippen LogP contribution in [0.4, 0.5) is 15.8 Å². The van der Waals surface area contributed by atoms with E-state index in [4.69, 9.17) is 5.73 Å². The van der Waals surface area contributed by atoms with Gasteiger partial charge in [0.25, 0.3) is 0 Å². The molecule has 15 heavy (non-hydrogen) atoms. The van der Waals surface area contributed by atoms with Crippen molar-refractivity contribution in [2.24, 2.45) is 5.73 Å². The van der Waals surface area contributed by atoms with Crippen LogP contribution in [0.2, 0.25) is 0 Å². The number of amides is 1. The Morgan fingerprint density at radius 3 is 2.80 bits per heavy atom. The first-order valence-corrected chi connectivity index (χ1v) is 3.98. The summed E-state index contributed by atoms with van der Waals surface area (Å²) in [5.74, 6) is -1.46. The maximum absolute atomic E-state index is 12.9. The molecule has 0 aliphatic rings. The molecule has 0 bridgehead atoms. The summed E-state index contributed by atoms with van der Waals surface area (Å²) in [5, 5.41) is 12.6. The topological polar surface area (TPSA) is 98.3 Å². The Morgan fingerprint density at radius 2 is 2.27 bits per heavy atom. The zero-order valence-electron chi connectivity index (χ0n) is 7.57. The lowest BCUT2D eigenvalue weighted by molar-refractivity contribution is -0.387. The highest BCUT2D eigenvalue weighted by molar-refractivity contribution is 5.92. The van der Waals surface area contributed by atoms with Gasteiger partial charge in [0.05, 0.1) is 11.5 Å². The molecule has 0 radical (unpaired) electrons. The summed E-state index contributed by atoms with van der Waals surface area (Å²) in [6, 6.07) is 3.06. The van der Waals surface area contributed by atoms with Gasteiger partial charge in [-0.3, -0.25) is 14.9 Å². The van der Waals surface area contributed by atoms with Crippen molar-refractivity contribution < 1.29 is 14.1 Å². The van der Waals surface area contributed by atoms with Crippen molar-refractivity contribution in [2.45, 2.75) is 0 Å². The van der Waals surface area contributed by atoms with Gasteiger partial charge < -0.3 is 11.1 Å². The Morgan fingerprint density at radius 1 is 1.60 bits per heavy atom. The van der Waals surface area contributed by atoms with Gasteiger partial charge >= 0.3 is 5.69 Å². The van der Waals surface area contributed by atoms with Crippen LogP contribution in [0.25, 0.3) is 0 Å². The molecule has 0 aromatic heterocycles. The Bertz CT molecular complexity index is 408. The zero-order chi connectivity index (χ0) is 11.4. The van der Waals surface area contributed by atoms with Crippen LogP contribution in [0.15, 0.2) is 18.2 Å². The van der Waals surface area contributed by atoms with Crippen LogP contribution in [-0.2, 0) is 4.79 Å². The normalized spacial score (nSPS) is 9.73. The third-order valence-electron chi connectivity index (χ3n) is 1.61. The minimum atomic E-state index is -0.953. The van der Waals surface area contributed by atoms with Gasteiger partial charge in [0.2, 0.25) is 11.7 Å². The van der Waals surface area contributed by atoms with E-state index in [1.165, 1.54) is 6.07 Å². The number of nitro groups is 1. The molecule has 6 nitrogen and oxygen atoms in total. The van der Waals surface area contributed by atoms with E-state index in [-0.39, 0.29) is 12.2 Å². The first kappa shape index (κ1) is 11.1. The molecular formula is C8H8FN3O3. The Hall–Kier alpha value is -2.02. The number of anilines is 1. The largest absolute Gasteiger partial charge is 0.325 e. The number of carbonyl (C=O) groups is 1. The molecule has 1 aromatic carbocycles. The monoisotopic (exact) mass is 213 g/mol. The van der Waals surface area contributed by atoms with Crippen molar-refractivity contribution in [3.63, 3.8) is 0 Å². The number of nitrogens with zero attached hydrogens (tertiary/aromatic N) is 1. The average Bonchev–Trinajstić information content (AvgIpc) is 2.20. The van der Waals surface area contributed by atoms with Crippen LogP contribution in [0.3, 0.4) is 0 Å². The summed E-state index contributed by atoms with van der Waals surface area (Å²) in [7, 11) is 0. The number of nitrogens with one attached hydrogen (secondary N) is 1. The fourth-order valence-corrected chi connectivity index (χ4v) is 0.942. The first-order valence-electron chi connectivity index (χ1n) is 3.98. The molecule has 0 saturated carbocycles. The molecule has 0 saturated heterocycles. The van der Waals surface area contributed by atoms with Gasteiger partial charge in [-0.05, 0) is 12.1 Å². The molecule has 7 heteroatoms. The van der Waals surface area contributed by atoms with Crippen LogP contribution in [0, 0.1) is 15.9 Å². The second kappa shape index (κ2) is 4.47. The van der Waals surface area contributed by atoms with Crippen molar-refractivity contribution in [3.8, 4) is 0 Å². The molecule has 80 valence electrons. The molecule has 3 N–H and O–H groups in total. The predicted molar refractivity (Wildman–Crippen MR) is 50.7 cm³/mol. The second-order valence-corrected chi connectivity index (χ2v) is 2.68. The van der Waals surface area contributed by atoms with E-state index in [1.807, 2.05) is 0 Å². The number of halogens is 1. The minimum Gasteiger partial charge on any atom is -0.325 e. The summed E-state index contributed by atoms with van der Waals surface area (Å²) in [4.78, 5) is 20.3. The number of benzene rings is 1. The number of nitrogens with two attached hydrogens (primary N) is 1. The van der Waals surface area contributed by atoms with Crippen molar-refractivity contribution in [3.05, 3.63) is 34.1 Å². The zero-order valence-corrected chi connectivity index (χ0v) is 7.57. The predicted octanol–water partition coefficient (Wildman–Crippen LogP) is 0.631. The lowest BCUT2D eigenvalue weighted by atomic mass is 10.2. The van der Waals surface area contributed by atoms with Gasteiger partial charge in [0.1, 0.15) is 0 Å². The number of hydrogen-bond acceptors (Lipinski definition) is 4. The lowest BCUT2D eigenvalue weighted by Crippen LogP contribution is -2.21. The molecule has 1 aromatic rings. The molecule has 0 atom stereocenters. The maximum atomic E-state index is 12.9. The van der Waals surface area contributed by atoms with E-state index in [0.717, 1.165) is 12.1 Å². The van der Waals surface area contributed by atoms with Crippen LogP contribution >= 0.6 is 0 Å². The van der Waals surface area contributed by atoms with Crippen LogP contribution in [0.1, 0.15) is 0 Å². The van der Waals surface area contributed by atoms with Gasteiger partial charge in [-0.2, -0.15) is 4.39 Å². The first-order chi connectivity index (χ1) is 7.04. The van der Waals surface area contributed by atoms with E-state index in [2.05, 4.69) is 5.32 Å². The maximum Gasteiger partial charge on any atom is 0.306 e. The Kier molecular flexibility index (Phi) is 3.29. The van der Waals surface area contributed by atoms with Gasteiger partial charge in [0.15, 0.2) is 0 Å². The minimum absolute atomic E-state index is 0.138. The summed E-state index contributed by atoms with van der Waals surface area (Å²) >= 11 is 0. The Balaban J connectivity index is 2.97. The number of nitro benzene ring substituents is 1. The number of hydrogen-bond donors (Lipinski definition) is 2. The van der Waals surface area contributed by atoms with E-state index >= 15 is 0 Å². The average molecular weight is 213 g/mol. The van der Waals surface area contributed by atoms with E-state index in [1.54, 1.807) is 0 Å². The Labute approximate surface area is 84.0 Å². The van der Waals surface area contributed by atoms with Crippen LogP contribution < -0.4 is 11.1 Å². The number of rotatable bonds is 3. The number of carbonyl (C=O) groups excluding carboxylic acids is 1. The van der Waals surface area contributed by atoms with E-state index < -0.39 is 22.3 Å². The highest BCUT2D eigenvalue weighted by atomic mass is 19.1. The SMILES string of the molecule is NCC(=O)Nc1ccc(F)c([N+](=O)[O-])c1. The smallest absolute Gasteiger partial charge is 0.306 e. The molecular weight excluding hydrogens is 205 g/mol. The molecule has 0 aliphatic carbocycles. The van der Waals surface area contributed by atoms with Gasteiger partial charge in [-0.1, -0.05) is 0 Å². The third kappa shape index (κ3) is 2.71. The fourth-order valence-electron chi connectivity index (χ4n) is 0.942. The fraction of sp³-hybridized carbons (Fsp3) is 0.125. The highest BCUT2D eigenvalue weighted by Crippen LogP contribution is 2.21. The standard InChI is InChI=1S/C8H8FN3O3/c9-6-2-1-5(11-8(13)4-10)3-7(6)12(14)15/h1-3H,4,10H2,(H,11,13). The molecule has 0 spiro atoms. The summed E-state index contributed by atoms with van der Waals surface area (Å²) < 4.78 is 12.9. The molecule has 0 fully saturated rings. The quantitative estimate of drug-likeness (QED) is 0.568. The molecule has 1 amide bonds. The van der Waals surface area contributed by atoms with Crippen molar-refractivity contribution in [1.82, 2.24) is 0 Å². The molecule has 1 rings (SSSR count). The van der Waals surface area contributed by atoms with Crippen molar-refractivity contribution in [2.75, 3.05) is 11.9 Å². The third-order valence-corrected chi connectivity index (χ3v) is 1.61. The van der Waals surface area contributed by atoms with Gasteiger partial charge in [0, 0.05) is 11.8 Å². The second-order valence-electron chi connectivity index (χ2n) is 2.68. The van der Waals surface area contributed by atoms with Gasteiger partial charge in [-0.25, -0.2) is 0 Å². The molecule has 0 unspecified atom stereocenters. The molecule has 0 heterocycles. The molecule has 0 aliphatic heterocycles. The van der Waals surface area contributed by atoms with E-state index in [9.17, 15) is 19.3 Å². The summed E-state index contributed by atoms with van der Waals surface area (Å²) in [5.41, 5.74) is 4.48. The highest BCUT2D eigenvalue weighted by Gasteiger charge is 2.14. The van der Waals surface area contributed by atoms with E-state index in [0.29, 0.717) is 0 Å². The van der Waals surface area contributed by atoms with Gasteiger partial charge in [-0.15, -0.1) is 0 Å². The van der Waals surface area contributed by atoms with Crippen molar-refractivity contribution in [1.29, 1.82) is 0 Å². The van der Waals surface area contributed by atoms with Crippen molar-refractivity contribution >= 4 is 17.3 Å². The van der Waals surface area contributed by atoms with Crippen LogP contribution in [0.5, 0.6) is 0 Å². The summed E-state index contributed by atoms with van der Waals surface area (Å²) in [6.45, 7) is -0.245. The summed E-state index contributed by atoms with van der Waals surface area (Å²) in [6.07, 6.45) is 0. The van der Waals surface area contributed by atoms with Crippen LogP contribution in [-0.4, -0.2) is 17.4 Å².